The van der Waals surface area contributed by atoms with E-state index >= 15 is 0 Å². The Morgan fingerprint density at radius 2 is 0.604 bits per heavy atom. The average molecular weight is 633 g/mol. The van der Waals surface area contributed by atoms with Crippen molar-refractivity contribution in [1.29, 1.82) is 0 Å². The molecule has 48 heavy (non-hydrogen) atoms. The van der Waals surface area contributed by atoms with Gasteiger partial charge in [-0.2, -0.15) is 0 Å². The van der Waals surface area contributed by atoms with E-state index in [-0.39, 0.29) is 33.2 Å². The van der Waals surface area contributed by atoms with E-state index in [9.17, 15) is 9.59 Å². The second-order valence-electron chi connectivity index (χ2n) is 17.1. The topological polar surface area (TPSA) is 34.1 Å². The van der Waals surface area contributed by atoms with E-state index in [1.165, 1.54) is 0 Å². The Labute approximate surface area is 286 Å². The molecule has 0 heterocycles. The van der Waals surface area contributed by atoms with Crippen LogP contribution in [0.5, 0.6) is 0 Å². The molecule has 5 rings (SSSR count). The van der Waals surface area contributed by atoms with Crippen molar-refractivity contribution in [2.24, 2.45) is 21.7 Å². The lowest BCUT2D eigenvalue weighted by atomic mass is 9.72. The lowest BCUT2D eigenvalue weighted by Crippen LogP contribution is -2.27. The molecule has 0 atom stereocenters. The molecule has 3 aromatic rings. The average Bonchev–Trinajstić information content (AvgIpc) is 2.97. The maximum Gasteiger partial charge on any atom is 0.186 e. The van der Waals surface area contributed by atoms with Gasteiger partial charge in [0.15, 0.2) is 11.6 Å². The van der Waals surface area contributed by atoms with Crippen LogP contribution in [0.25, 0.3) is 33.0 Å². The first-order chi connectivity index (χ1) is 22.2. The summed E-state index contributed by atoms with van der Waals surface area (Å²) in [6.45, 7) is 25.0. The Bertz CT molecular complexity index is 2010. The molecule has 0 radical (unpaired) electrons. The van der Waals surface area contributed by atoms with Gasteiger partial charge >= 0.3 is 0 Å². The molecule has 2 heteroatoms. The number of Topliss-reactive ketones (excluding diaryl/α,β-unsaturated/α-hetero) is 2. The number of hydrogen-bond donors (Lipinski definition) is 0. The van der Waals surface area contributed by atoms with E-state index < -0.39 is 0 Å². The number of carbonyl (C=O) groups is 2. The Morgan fingerprint density at radius 1 is 0.375 bits per heavy atom. The molecule has 0 N–H and O–H groups in total. The van der Waals surface area contributed by atoms with E-state index in [2.05, 4.69) is 130 Å². The third-order valence-corrected chi connectivity index (χ3v) is 9.01. The zero-order valence-corrected chi connectivity index (χ0v) is 30.7. The fourth-order valence-electron chi connectivity index (χ4n) is 6.30. The van der Waals surface area contributed by atoms with Crippen molar-refractivity contribution in [3.63, 3.8) is 0 Å². The Morgan fingerprint density at radius 3 is 0.812 bits per heavy atom. The molecule has 3 aromatic carbocycles. The predicted molar refractivity (Wildman–Crippen MR) is 202 cm³/mol. The van der Waals surface area contributed by atoms with Crippen molar-refractivity contribution in [2.75, 3.05) is 0 Å². The van der Waals surface area contributed by atoms with Crippen LogP contribution in [0.2, 0.25) is 0 Å². The summed E-state index contributed by atoms with van der Waals surface area (Å²) in [5.41, 5.74) is 17.6. The van der Waals surface area contributed by atoms with E-state index in [1.54, 1.807) is 0 Å². The van der Waals surface area contributed by atoms with Crippen LogP contribution in [0.1, 0.15) is 83.1 Å². The van der Waals surface area contributed by atoms with Crippen molar-refractivity contribution in [3.8, 4) is 0 Å². The van der Waals surface area contributed by atoms with Gasteiger partial charge in [-0.25, -0.2) is 0 Å². The first-order valence-electron chi connectivity index (χ1n) is 16.9. The number of rotatable bonds is 0. The summed E-state index contributed by atoms with van der Waals surface area (Å²) < 4.78 is 0. The second kappa shape index (κ2) is 12.1. The normalized spacial score (nSPS) is 16.1. The largest absolute Gasteiger partial charge is 0.289 e. The van der Waals surface area contributed by atoms with Crippen molar-refractivity contribution in [1.82, 2.24) is 0 Å². The number of benzene rings is 3. The predicted octanol–water partition coefficient (Wildman–Crippen LogP) is 9.97. The highest BCUT2D eigenvalue weighted by Crippen LogP contribution is 2.40. The Kier molecular flexibility index (Phi) is 8.74. The Balaban J connectivity index is 1.95. The molecule has 244 valence electrons. The minimum atomic E-state index is -0.302. The van der Waals surface area contributed by atoms with Crippen LogP contribution < -0.4 is 10.4 Å². The maximum atomic E-state index is 13.5. The molecule has 0 amide bonds. The summed E-state index contributed by atoms with van der Waals surface area (Å²) in [4.78, 5) is 27.0. The molecular formula is C46H48O2. The summed E-state index contributed by atoms with van der Waals surface area (Å²) in [5, 5.41) is 5.99. The lowest BCUT2D eigenvalue weighted by molar-refractivity contribution is -0.114. The smallest absolute Gasteiger partial charge is 0.186 e. The standard InChI is InChI=1S/C46H48O2/c1-43(2,3)37-25-29(26-38(41(37)47)44(4,5)6)21-23-35-31-17-13-15-19-33(31)36(34-20-16-14-18-32(34)35)24-22-30-27-39(45(7,8)9)42(48)40(28-30)46(10,11)12/h13-20,25-28H,1-12H3. The van der Waals surface area contributed by atoms with E-state index in [0.717, 1.165) is 65.4 Å². The third kappa shape index (κ3) is 6.82. The van der Waals surface area contributed by atoms with E-state index in [0.29, 0.717) is 0 Å². The number of ketones is 2. The van der Waals surface area contributed by atoms with Crippen molar-refractivity contribution >= 4 is 44.6 Å². The van der Waals surface area contributed by atoms with Crippen LogP contribution in [0.15, 0.2) is 118 Å². The molecule has 0 unspecified atom stereocenters. The van der Waals surface area contributed by atoms with Gasteiger partial charge in [-0.05, 0) is 67.5 Å². The summed E-state index contributed by atoms with van der Waals surface area (Å²) in [5.74, 6) is 0.210. The molecule has 0 saturated carbocycles. The second-order valence-corrected chi connectivity index (χ2v) is 17.1. The van der Waals surface area contributed by atoms with Gasteiger partial charge in [-0.15, -0.1) is 0 Å². The number of allylic oxidation sites excluding steroid dienone is 10. The molecule has 0 bridgehead atoms. The van der Waals surface area contributed by atoms with Crippen molar-refractivity contribution in [2.45, 2.75) is 83.1 Å². The third-order valence-electron chi connectivity index (χ3n) is 9.01. The van der Waals surface area contributed by atoms with Crippen LogP contribution in [0.3, 0.4) is 0 Å². The fraction of sp³-hybridized carbons (Fsp3) is 0.348. The van der Waals surface area contributed by atoms with Crippen LogP contribution in [0, 0.1) is 21.7 Å². The maximum absolute atomic E-state index is 13.5. The zero-order valence-electron chi connectivity index (χ0n) is 30.7. The van der Waals surface area contributed by atoms with Crippen LogP contribution in [-0.2, 0) is 9.59 Å². The van der Waals surface area contributed by atoms with E-state index in [1.807, 2.05) is 48.6 Å². The molecule has 0 aromatic heterocycles. The lowest BCUT2D eigenvalue weighted by Gasteiger charge is -2.30. The van der Waals surface area contributed by atoms with Crippen molar-refractivity contribution in [3.05, 3.63) is 128 Å². The first kappa shape index (κ1) is 34.7. The number of fused-ring (bicyclic) bond motifs is 2. The van der Waals surface area contributed by atoms with Crippen LogP contribution >= 0.6 is 0 Å². The minimum absolute atomic E-state index is 0.105. The van der Waals surface area contributed by atoms with Gasteiger partial charge in [0.25, 0.3) is 0 Å². The minimum Gasteiger partial charge on any atom is -0.289 e. The fourth-order valence-corrected chi connectivity index (χ4v) is 6.30. The quantitative estimate of drug-likeness (QED) is 0.183. The highest BCUT2D eigenvalue weighted by Gasteiger charge is 2.35. The molecule has 0 spiro atoms. The molecule has 2 nitrogen and oxygen atoms in total. The molecule has 2 aliphatic carbocycles. The summed E-state index contributed by atoms with van der Waals surface area (Å²) >= 11 is 0. The molecule has 0 saturated heterocycles. The molecule has 0 aliphatic heterocycles. The monoisotopic (exact) mass is 632 g/mol. The van der Waals surface area contributed by atoms with Crippen LogP contribution in [-0.4, -0.2) is 11.6 Å². The summed E-state index contributed by atoms with van der Waals surface area (Å²) in [6, 6.07) is 16.6. The van der Waals surface area contributed by atoms with Gasteiger partial charge in [-0.3, -0.25) is 9.59 Å². The zero-order chi connectivity index (χ0) is 35.4. The highest BCUT2D eigenvalue weighted by atomic mass is 16.1. The van der Waals surface area contributed by atoms with Gasteiger partial charge in [-0.1, -0.05) is 155 Å². The van der Waals surface area contributed by atoms with Gasteiger partial charge in [0.05, 0.1) is 0 Å². The van der Waals surface area contributed by atoms with Gasteiger partial charge in [0.1, 0.15) is 0 Å². The van der Waals surface area contributed by atoms with Crippen molar-refractivity contribution < 1.29 is 9.59 Å². The van der Waals surface area contributed by atoms with Crippen LogP contribution in [0.4, 0.5) is 0 Å². The summed E-state index contributed by atoms with van der Waals surface area (Å²) in [6.07, 6.45) is 7.89. The highest BCUT2D eigenvalue weighted by molar-refractivity contribution is 6.12. The first-order valence-corrected chi connectivity index (χ1v) is 16.9. The molecular weight excluding hydrogens is 585 g/mol. The van der Waals surface area contributed by atoms with Gasteiger partial charge in [0, 0.05) is 43.9 Å². The number of hydrogen-bond acceptors (Lipinski definition) is 2. The van der Waals surface area contributed by atoms with E-state index in [4.69, 9.17) is 0 Å². The Hall–Kier alpha value is -4.66. The van der Waals surface area contributed by atoms with Gasteiger partial charge in [0.2, 0.25) is 0 Å². The molecule has 0 fully saturated rings. The SMILES string of the molecule is CC(C)(C)C1=CC(=C=C=c2c3ccccc3c(=C=C=C3C=C(C(C)(C)C)C(=O)C(C(C)(C)C)=C3)c3ccccc23)C=C(C(C)(C)C)C1=O. The number of carbonyl (C=O) groups excluding carboxylic acids is 2. The molecule has 2 aliphatic rings. The summed E-state index contributed by atoms with van der Waals surface area (Å²) in [7, 11) is 0. The van der Waals surface area contributed by atoms with Gasteiger partial charge < -0.3 is 0 Å².